The predicted octanol–water partition coefficient (Wildman–Crippen LogP) is -5.96. The van der Waals surface area contributed by atoms with Crippen LogP contribution in [0.4, 0.5) is 0 Å². The zero-order chi connectivity index (χ0) is 3.54. The van der Waals surface area contributed by atoms with Gasteiger partial charge in [0.25, 0.3) is 0 Å². The van der Waals surface area contributed by atoms with Crippen LogP contribution in [0, 0.1) is 0 Å². The molecule has 0 amide bonds. The van der Waals surface area contributed by atoms with Gasteiger partial charge in [0.05, 0.1) is 6.33 Å². The van der Waals surface area contributed by atoms with Gasteiger partial charge in [-0.1, -0.05) is 0 Å². The third-order valence-corrected chi connectivity index (χ3v) is 0.406. The third kappa shape index (κ3) is 6.94. The summed E-state index contributed by atoms with van der Waals surface area (Å²) in [6, 6.07) is 0. The molecule has 8 heavy (non-hydrogen) atoms. The van der Waals surface area contributed by atoms with Gasteiger partial charge in [-0.15, -0.1) is 0 Å². The molecule has 0 radical (unpaired) electrons. The number of aromatic amines is 1. The molecule has 0 aliphatic rings. The van der Waals surface area contributed by atoms with E-state index >= 15 is 0 Å². The zero-order valence-electron chi connectivity index (χ0n) is 4.14. The van der Waals surface area contributed by atoms with Crippen molar-refractivity contribution < 1.29 is 34.0 Å². The van der Waals surface area contributed by atoms with E-state index in [1.54, 1.807) is 18.7 Å². The van der Waals surface area contributed by atoms with Crippen LogP contribution in [-0.2, 0) is 0 Å². The van der Waals surface area contributed by atoms with Gasteiger partial charge >= 0.3 is 23.1 Å². The number of nitrogens with one attached hydrogen (secondary N) is 1. The van der Waals surface area contributed by atoms with Crippen molar-refractivity contribution in [3.63, 3.8) is 0 Å². The zero-order valence-corrected chi connectivity index (χ0v) is 8.73. The summed E-state index contributed by atoms with van der Waals surface area (Å²) in [4.78, 5) is 6.42. The maximum absolute atomic E-state index is 3.67. The van der Waals surface area contributed by atoms with Gasteiger partial charge in [-0.3, -0.25) is 0 Å². The molecule has 0 bridgehead atoms. The standard InChI is InChI=1S/C3H4N2.2BrH.Mg/c1-2-5-3-4-1;;;/h1-3H,(H,4,5);2*1H;/q;;;+2/p-2. The summed E-state index contributed by atoms with van der Waals surface area (Å²) in [6.45, 7) is 0. The first-order chi connectivity index (χ1) is 2.50. The van der Waals surface area contributed by atoms with Gasteiger partial charge in [-0.05, 0) is 0 Å². The van der Waals surface area contributed by atoms with E-state index in [9.17, 15) is 0 Å². The minimum Gasteiger partial charge on any atom is -1.00 e. The molecule has 1 rings (SSSR count). The summed E-state index contributed by atoms with van der Waals surface area (Å²) in [6.07, 6.45) is 5.08. The number of hydrogen-bond acceptors (Lipinski definition) is 1. The number of nitrogens with zero attached hydrogens (tertiary/aromatic N) is 1. The van der Waals surface area contributed by atoms with Crippen molar-refractivity contribution in [2.45, 2.75) is 0 Å². The maximum atomic E-state index is 3.67. The molecular weight excluding hydrogens is 248 g/mol. The van der Waals surface area contributed by atoms with Crippen LogP contribution in [0.2, 0.25) is 0 Å². The summed E-state index contributed by atoms with van der Waals surface area (Å²) in [5.41, 5.74) is 0. The van der Waals surface area contributed by atoms with Gasteiger partial charge in [0.1, 0.15) is 0 Å². The molecule has 0 saturated carbocycles. The van der Waals surface area contributed by atoms with Gasteiger partial charge in [-0.2, -0.15) is 0 Å². The molecule has 2 nitrogen and oxygen atoms in total. The molecule has 0 aliphatic carbocycles. The largest absolute Gasteiger partial charge is 2.00 e. The second kappa shape index (κ2) is 10.8. The average molecular weight is 252 g/mol. The van der Waals surface area contributed by atoms with Gasteiger partial charge in [-0.25, -0.2) is 4.98 Å². The average Bonchev–Trinajstić information content (AvgIpc) is 1.76. The molecule has 42 valence electrons. The van der Waals surface area contributed by atoms with E-state index in [0.29, 0.717) is 0 Å². The number of rotatable bonds is 0. The SMILES string of the molecule is [Br-].[Br-].[Mg+2].c1c[nH]cn1. The molecule has 0 spiro atoms. The fourth-order valence-electron chi connectivity index (χ4n) is 0.215. The Morgan fingerprint density at radius 1 is 1.25 bits per heavy atom. The van der Waals surface area contributed by atoms with Crippen LogP contribution in [-0.4, -0.2) is 33.0 Å². The first kappa shape index (κ1) is 16.0. The number of aromatic nitrogens is 2. The summed E-state index contributed by atoms with van der Waals surface area (Å²) in [5, 5.41) is 0. The van der Waals surface area contributed by atoms with Gasteiger partial charge < -0.3 is 38.9 Å². The Hall–Kier alpha value is 0.936. The molecule has 1 N–H and O–H groups in total. The molecule has 5 heteroatoms. The van der Waals surface area contributed by atoms with Crippen LogP contribution in [0.25, 0.3) is 0 Å². The number of H-pyrrole nitrogens is 1. The second-order valence-corrected chi connectivity index (χ2v) is 0.761. The Morgan fingerprint density at radius 2 is 1.88 bits per heavy atom. The molecule has 0 saturated heterocycles. The Labute approximate surface area is 85.2 Å². The van der Waals surface area contributed by atoms with E-state index in [0.717, 1.165) is 0 Å². The Kier molecular flexibility index (Phi) is 21.6. The van der Waals surface area contributed by atoms with Crippen LogP contribution in [0.1, 0.15) is 0 Å². The molecule has 1 aromatic rings. The van der Waals surface area contributed by atoms with Crippen LogP contribution in [0.15, 0.2) is 18.7 Å². The molecule has 1 heterocycles. The van der Waals surface area contributed by atoms with Crippen molar-refractivity contribution in [1.29, 1.82) is 0 Å². The van der Waals surface area contributed by atoms with Crippen molar-refractivity contribution in [2.75, 3.05) is 0 Å². The summed E-state index contributed by atoms with van der Waals surface area (Å²) in [5.74, 6) is 0. The van der Waals surface area contributed by atoms with E-state index in [-0.39, 0.29) is 57.0 Å². The van der Waals surface area contributed by atoms with E-state index in [4.69, 9.17) is 0 Å². The minimum atomic E-state index is 0. The predicted molar refractivity (Wildman–Crippen MR) is 24.3 cm³/mol. The van der Waals surface area contributed by atoms with Gasteiger partial charge in [0, 0.05) is 12.4 Å². The summed E-state index contributed by atoms with van der Waals surface area (Å²) >= 11 is 0. The van der Waals surface area contributed by atoms with Crippen LogP contribution in [0.5, 0.6) is 0 Å². The number of imidazole rings is 1. The van der Waals surface area contributed by atoms with Crippen LogP contribution >= 0.6 is 0 Å². The quantitative estimate of drug-likeness (QED) is 0.458. The van der Waals surface area contributed by atoms with Gasteiger partial charge in [0.15, 0.2) is 0 Å². The van der Waals surface area contributed by atoms with Crippen molar-refractivity contribution >= 4 is 23.1 Å². The Bertz CT molecular complexity index is 71.8. The monoisotopic (exact) mass is 250 g/mol. The van der Waals surface area contributed by atoms with E-state index in [1.165, 1.54) is 0 Å². The van der Waals surface area contributed by atoms with Crippen LogP contribution < -0.4 is 34.0 Å². The van der Waals surface area contributed by atoms with Gasteiger partial charge in [0.2, 0.25) is 0 Å². The molecule has 0 unspecified atom stereocenters. The van der Waals surface area contributed by atoms with Crippen LogP contribution in [0.3, 0.4) is 0 Å². The maximum Gasteiger partial charge on any atom is 2.00 e. The fourth-order valence-corrected chi connectivity index (χ4v) is 0.215. The van der Waals surface area contributed by atoms with Crippen molar-refractivity contribution in [2.24, 2.45) is 0 Å². The number of hydrogen-bond donors (Lipinski definition) is 1. The first-order valence-electron chi connectivity index (χ1n) is 1.43. The van der Waals surface area contributed by atoms with E-state index < -0.39 is 0 Å². The molecule has 0 aliphatic heterocycles. The molecular formula is C3H4Br2MgN2. The molecule has 0 atom stereocenters. The Balaban J connectivity index is -0.0000000833. The molecule has 1 aromatic heterocycles. The van der Waals surface area contributed by atoms with Crippen molar-refractivity contribution in [3.05, 3.63) is 18.7 Å². The fraction of sp³-hybridized carbons (Fsp3) is 0. The molecule has 0 fully saturated rings. The summed E-state index contributed by atoms with van der Waals surface area (Å²) in [7, 11) is 0. The van der Waals surface area contributed by atoms with Crippen molar-refractivity contribution in [3.8, 4) is 0 Å². The Morgan fingerprint density at radius 3 is 2.00 bits per heavy atom. The summed E-state index contributed by atoms with van der Waals surface area (Å²) < 4.78 is 0. The topological polar surface area (TPSA) is 28.7 Å². The third-order valence-electron chi connectivity index (χ3n) is 0.406. The normalized spacial score (nSPS) is 5.00. The minimum absolute atomic E-state index is 0. The molecule has 0 aromatic carbocycles. The number of halogens is 2. The second-order valence-electron chi connectivity index (χ2n) is 0.761. The van der Waals surface area contributed by atoms with Crippen molar-refractivity contribution in [1.82, 2.24) is 9.97 Å². The van der Waals surface area contributed by atoms with E-state index in [1.807, 2.05) is 0 Å². The van der Waals surface area contributed by atoms with E-state index in [2.05, 4.69) is 9.97 Å². The smallest absolute Gasteiger partial charge is 1.00 e. The first-order valence-corrected chi connectivity index (χ1v) is 1.43.